The molecule has 1 N–H and O–H groups in total. The van der Waals surface area contributed by atoms with Crippen LogP contribution in [0.5, 0.6) is 5.75 Å². The maximum Gasteiger partial charge on any atom is 0.303 e. The molecule has 1 aliphatic heterocycles. The number of aliphatic carboxylic acids is 1. The van der Waals surface area contributed by atoms with Crippen LogP contribution in [-0.2, 0) is 9.59 Å². The van der Waals surface area contributed by atoms with Crippen molar-refractivity contribution in [3.63, 3.8) is 0 Å². The van der Waals surface area contributed by atoms with Crippen molar-refractivity contribution >= 4 is 11.9 Å². The summed E-state index contributed by atoms with van der Waals surface area (Å²) in [6.07, 6.45) is 2.73. The topological polar surface area (TPSA) is 66.8 Å². The molecular weight excluding hydrogens is 294 g/mol. The molecule has 23 heavy (non-hydrogen) atoms. The second-order valence-corrected chi connectivity index (χ2v) is 6.34. The molecule has 1 heterocycles. The number of benzene rings is 1. The summed E-state index contributed by atoms with van der Waals surface area (Å²) < 4.78 is 5.65. The van der Waals surface area contributed by atoms with E-state index in [2.05, 4.69) is 0 Å². The molecule has 0 aliphatic carbocycles. The van der Waals surface area contributed by atoms with Crippen LogP contribution >= 0.6 is 0 Å². The van der Waals surface area contributed by atoms with Crippen molar-refractivity contribution < 1.29 is 19.4 Å². The lowest BCUT2D eigenvalue weighted by Gasteiger charge is -2.32. The van der Waals surface area contributed by atoms with E-state index in [9.17, 15) is 9.59 Å². The first-order chi connectivity index (χ1) is 11.0. The molecule has 0 spiro atoms. The molecule has 0 saturated carbocycles. The highest BCUT2D eigenvalue weighted by atomic mass is 16.5. The minimum atomic E-state index is -0.772. The molecule has 1 aromatic rings. The second kappa shape index (κ2) is 7.99. The third-order valence-electron chi connectivity index (χ3n) is 4.32. The van der Waals surface area contributed by atoms with Crippen LogP contribution in [0.1, 0.15) is 36.8 Å². The van der Waals surface area contributed by atoms with E-state index in [1.807, 2.05) is 32.0 Å². The van der Waals surface area contributed by atoms with E-state index >= 15 is 0 Å². The maximum absolute atomic E-state index is 12.3. The highest BCUT2D eigenvalue weighted by Crippen LogP contribution is 2.22. The number of amides is 1. The third kappa shape index (κ3) is 5.27. The lowest BCUT2D eigenvalue weighted by molar-refractivity contribution is -0.137. The summed E-state index contributed by atoms with van der Waals surface area (Å²) in [7, 11) is 0. The summed E-state index contributed by atoms with van der Waals surface area (Å²) in [6, 6.07) is 5.89. The standard InChI is InChI=1S/C18H25NO4/c1-13-5-7-16(14(2)10-13)23-12-17(20)19-9-3-4-15(11-19)6-8-18(21)22/h5,7,10,15H,3-4,6,8-9,11-12H2,1-2H3,(H,21,22)/t15-/m0/s1. The van der Waals surface area contributed by atoms with Crippen molar-refractivity contribution in [1.29, 1.82) is 0 Å². The van der Waals surface area contributed by atoms with Gasteiger partial charge in [0.1, 0.15) is 5.75 Å². The molecular formula is C18H25NO4. The number of hydrogen-bond acceptors (Lipinski definition) is 3. The Kier molecular flexibility index (Phi) is 6.02. The summed E-state index contributed by atoms with van der Waals surface area (Å²) >= 11 is 0. The van der Waals surface area contributed by atoms with E-state index in [1.165, 1.54) is 5.56 Å². The molecule has 1 saturated heterocycles. The number of carboxylic acids is 1. The normalized spacial score (nSPS) is 17.8. The van der Waals surface area contributed by atoms with Gasteiger partial charge in [-0.2, -0.15) is 0 Å². The highest BCUT2D eigenvalue weighted by Gasteiger charge is 2.24. The molecule has 0 aromatic heterocycles. The lowest BCUT2D eigenvalue weighted by atomic mass is 9.93. The van der Waals surface area contributed by atoms with Gasteiger partial charge in [0.05, 0.1) is 0 Å². The second-order valence-electron chi connectivity index (χ2n) is 6.34. The van der Waals surface area contributed by atoms with Crippen LogP contribution in [0.2, 0.25) is 0 Å². The van der Waals surface area contributed by atoms with E-state index in [1.54, 1.807) is 4.90 Å². The zero-order chi connectivity index (χ0) is 16.8. The van der Waals surface area contributed by atoms with Crippen LogP contribution in [0, 0.1) is 19.8 Å². The van der Waals surface area contributed by atoms with Crippen molar-refractivity contribution in [2.75, 3.05) is 19.7 Å². The largest absolute Gasteiger partial charge is 0.484 e. The summed E-state index contributed by atoms with van der Waals surface area (Å²) in [5, 5.41) is 8.77. The fourth-order valence-corrected chi connectivity index (χ4v) is 3.05. The van der Waals surface area contributed by atoms with Gasteiger partial charge in [-0.3, -0.25) is 9.59 Å². The summed E-state index contributed by atoms with van der Waals surface area (Å²) in [5.74, 6) is 0.227. The molecule has 1 atom stereocenters. The first-order valence-corrected chi connectivity index (χ1v) is 8.15. The zero-order valence-corrected chi connectivity index (χ0v) is 13.9. The van der Waals surface area contributed by atoms with Gasteiger partial charge in [0.15, 0.2) is 6.61 Å². The molecule has 5 heteroatoms. The number of nitrogens with zero attached hydrogens (tertiary/aromatic N) is 1. The van der Waals surface area contributed by atoms with E-state index in [0.29, 0.717) is 13.0 Å². The average Bonchev–Trinajstić information content (AvgIpc) is 2.52. The van der Waals surface area contributed by atoms with Crippen LogP contribution in [0.3, 0.4) is 0 Å². The molecule has 1 aromatic carbocycles. The predicted octanol–water partition coefficient (Wildman–Crippen LogP) is 2.79. The fourth-order valence-electron chi connectivity index (χ4n) is 3.05. The maximum atomic E-state index is 12.3. The van der Waals surface area contributed by atoms with Gasteiger partial charge in [-0.1, -0.05) is 17.7 Å². The molecule has 1 aliphatic rings. The molecule has 1 amide bonds. The van der Waals surface area contributed by atoms with Gasteiger partial charge in [0.25, 0.3) is 5.91 Å². The fraction of sp³-hybridized carbons (Fsp3) is 0.556. The number of likely N-dealkylation sites (tertiary alicyclic amines) is 1. The molecule has 0 radical (unpaired) electrons. The number of carboxylic acid groups (broad SMARTS) is 1. The SMILES string of the molecule is Cc1ccc(OCC(=O)N2CCC[C@@H](CCC(=O)O)C2)c(C)c1. The van der Waals surface area contributed by atoms with E-state index in [4.69, 9.17) is 9.84 Å². The van der Waals surface area contributed by atoms with Crippen molar-refractivity contribution in [3.8, 4) is 5.75 Å². The monoisotopic (exact) mass is 319 g/mol. The number of aryl methyl sites for hydroxylation is 2. The van der Waals surface area contributed by atoms with Gasteiger partial charge in [-0.05, 0) is 50.7 Å². The summed E-state index contributed by atoms with van der Waals surface area (Å²) in [4.78, 5) is 24.8. The van der Waals surface area contributed by atoms with Crippen molar-refractivity contribution in [1.82, 2.24) is 4.90 Å². The quantitative estimate of drug-likeness (QED) is 0.875. The number of carbonyl (C=O) groups excluding carboxylic acids is 1. The first kappa shape index (κ1) is 17.3. The minimum absolute atomic E-state index is 0.0231. The van der Waals surface area contributed by atoms with Crippen LogP contribution in [0.25, 0.3) is 0 Å². The molecule has 0 unspecified atom stereocenters. The van der Waals surface area contributed by atoms with E-state index in [0.717, 1.165) is 30.7 Å². The van der Waals surface area contributed by atoms with Gasteiger partial charge >= 0.3 is 5.97 Å². The Labute approximate surface area is 137 Å². The van der Waals surface area contributed by atoms with Gasteiger partial charge in [-0.25, -0.2) is 0 Å². The number of piperidine rings is 1. The van der Waals surface area contributed by atoms with E-state index in [-0.39, 0.29) is 24.9 Å². The molecule has 126 valence electrons. The van der Waals surface area contributed by atoms with Gasteiger partial charge in [0, 0.05) is 19.5 Å². The van der Waals surface area contributed by atoms with Crippen molar-refractivity contribution in [2.24, 2.45) is 5.92 Å². The Hall–Kier alpha value is -2.04. The van der Waals surface area contributed by atoms with Gasteiger partial charge in [0.2, 0.25) is 0 Å². The van der Waals surface area contributed by atoms with E-state index < -0.39 is 5.97 Å². The number of ether oxygens (including phenoxy) is 1. The first-order valence-electron chi connectivity index (χ1n) is 8.15. The Morgan fingerprint density at radius 3 is 2.83 bits per heavy atom. The summed E-state index contributed by atoms with van der Waals surface area (Å²) in [5.41, 5.74) is 2.19. The lowest BCUT2D eigenvalue weighted by Crippen LogP contribution is -2.42. The van der Waals surface area contributed by atoms with Crippen molar-refractivity contribution in [2.45, 2.75) is 39.5 Å². The Morgan fingerprint density at radius 2 is 2.13 bits per heavy atom. The van der Waals surface area contributed by atoms with Crippen LogP contribution in [0.15, 0.2) is 18.2 Å². The van der Waals surface area contributed by atoms with Gasteiger partial charge < -0.3 is 14.7 Å². The molecule has 5 nitrogen and oxygen atoms in total. The number of rotatable bonds is 6. The third-order valence-corrected chi connectivity index (χ3v) is 4.32. The molecule has 1 fully saturated rings. The molecule has 0 bridgehead atoms. The van der Waals surface area contributed by atoms with Crippen LogP contribution in [0.4, 0.5) is 0 Å². The van der Waals surface area contributed by atoms with Crippen LogP contribution < -0.4 is 4.74 Å². The smallest absolute Gasteiger partial charge is 0.303 e. The minimum Gasteiger partial charge on any atom is -0.484 e. The summed E-state index contributed by atoms with van der Waals surface area (Å²) in [6.45, 7) is 5.40. The Morgan fingerprint density at radius 1 is 1.35 bits per heavy atom. The van der Waals surface area contributed by atoms with Crippen molar-refractivity contribution in [3.05, 3.63) is 29.3 Å². The number of carbonyl (C=O) groups is 2. The molecule has 2 rings (SSSR count). The Balaban J connectivity index is 1.83. The Bertz CT molecular complexity index is 570. The number of hydrogen-bond donors (Lipinski definition) is 1. The predicted molar refractivity (Wildman–Crippen MR) is 87.6 cm³/mol. The zero-order valence-electron chi connectivity index (χ0n) is 13.9. The van der Waals surface area contributed by atoms with Crippen LogP contribution in [-0.4, -0.2) is 41.6 Å². The average molecular weight is 319 g/mol. The van der Waals surface area contributed by atoms with Gasteiger partial charge in [-0.15, -0.1) is 0 Å². The highest BCUT2D eigenvalue weighted by molar-refractivity contribution is 5.78.